The second-order valence-electron chi connectivity index (χ2n) is 16.9. The molecule has 328 valence electrons. The second-order valence-corrected chi connectivity index (χ2v) is 16.9. The van der Waals surface area contributed by atoms with Gasteiger partial charge < -0.3 is 38.8 Å². The van der Waals surface area contributed by atoms with Crippen molar-refractivity contribution >= 4 is 35.9 Å². The van der Waals surface area contributed by atoms with Gasteiger partial charge in [-0.2, -0.15) is 0 Å². The Labute approximate surface area is 342 Å². The first-order valence-electron chi connectivity index (χ1n) is 19.5. The van der Waals surface area contributed by atoms with Crippen molar-refractivity contribution in [3.05, 3.63) is 29.8 Å². The van der Waals surface area contributed by atoms with E-state index in [1.807, 2.05) is 40.4 Å². The predicted octanol–water partition coefficient (Wildman–Crippen LogP) is 2.28. The summed E-state index contributed by atoms with van der Waals surface area (Å²) < 4.78 is 32.3. The largest absolute Gasteiger partial charge is 0.513 e. The Morgan fingerprint density at radius 2 is 0.948 bits per heavy atom. The zero-order valence-electron chi connectivity index (χ0n) is 35.8. The van der Waals surface area contributed by atoms with E-state index in [1.165, 1.54) is 24.3 Å². The summed E-state index contributed by atoms with van der Waals surface area (Å²) in [5, 5.41) is 11.8. The lowest BCUT2D eigenvalue weighted by molar-refractivity contribution is -0.158. The van der Waals surface area contributed by atoms with Crippen LogP contribution >= 0.6 is 0 Å². The number of rotatable bonds is 16. The molecule has 1 aliphatic rings. The van der Waals surface area contributed by atoms with Crippen LogP contribution in [0.5, 0.6) is 5.75 Å². The predicted molar refractivity (Wildman–Crippen MR) is 213 cm³/mol. The van der Waals surface area contributed by atoms with E-state index in [4.69, 9.17) is 33.5 Å². The van der Waals surface area contributed by atoms with E-state index in [0.717, 1.165) is 0 Å². The van der Waals surface area contributed by atoms with Gasteiger partial charge in [0, 0.05) is 58.9 Å². The highest BCUT2D eigenvalue weighted by Crippen LogP contribution is 2.14. The number of nitrogens with zero attached hydrogens (tertiary/aromatic N) is 4. The molecule has 1 aromatic carbocycles. The van der Waals surface area contributed by atoms with Crippen molar-refractivity contribution in [1.82, 2.24) is 24.9 Å². The average molecular weight is 824 g/mol. The fourth-order valence-electron chi connectivity index (χ4n) is 5.48. The maximum atomic E-state index is 13.1. The molecule has 2 N–H and O–H groups in total. The van der Waals surface area contributed by atoms with Crippen LogP contribution in [0.25, 0.3) is 0 Å². The molecular weight excluding hydrogens is 758 g/mol. The summed E-state index contributed by atoms with van der Waals surface area (Å²) in [5.74, 6) is -2.39. The summed E-state index contributed by atoms with van der Waals surface area (Å²) in [6.45, 7) is 20.0. The van der Waals surface area contributed by atoms with Gasteiger partial charge in [0.15, 0.2) is 0 Å². The number of carboxylic acid groups (broad SMARTS) is 1. The molecule has 1 amide bonds. The minimum Gasteiger partial charge on any atom is -0.478 e. The van der Waals surface area contributed by atoms with Crippen molar-refractivity contribution in [2.24, 2.45) is 0 Å². The van der Waals surface area contributed by atoms with Crippen LogP contribution in [-0.4, -0.2) is 182 Å². The van der Waals surface area contributed by atoms with Gasteiger partial charge in [0.1, 0.15) is 29.2 Å². The Morgan fingerprint density at radius 3 is 1.31 bits per heavy atom. The molecule has 0 bridgehead atoms. The first-order valence-corrected chi connectivity index (χ1v) is 19.5. The third-order valence-electron chi connectivity index (χ3n) is 7.93. The van der Waals surface area contributed by atoms with E-state index in [1.54, 1.807) is 41.5 Å². The van der Waals surface area contributed by atoms with Crippen molar-refractivity contribution < 1.29 is 62.3 Å². The molecule has 0 atom stereocenters. The summed E-state index contributed by atoms with van der Waals surface area (Å²) in [7, 11) is 0. The van der Waals surface area contributed by atoms with Gasteiger partial charge in [0.2, 0.25) is 5.91 Å². The Kier molecular flexibility index (Phi) is 20.5. The molecule has 1 aromatic rings. The molecule has 0 saturated carbocycles. The Bertz CT molecular complexity index is 1440. The molecule has 0 aliphatic carbocycles. The molecule has 0 aromatic heterocycles. The van der Waals surface area contributed by atoms with Gasteiger partial charge in [0.05, 0.1) is 45.0 Å². The molecule has 0 spiro atoms. The highest BCUT2D eigenvalue weighted by molar-refractivity contribution is 5.87. The van der Waals surface area contributed by atoms with E-state index in [9.17, 15) is 28.8 Å². The number of carbonyl (C=O) groups excluding carboxylic acids is 5. The van der Waals surface area contributed by atoms with Crippen LogP contribution < -0.4 is 10.1 Å². The number of benzene rings is 1. The molecule has 1 fully saturated rings. The van der Waals surface area contributed by atoms with Crippen LogP contribution in [0.2, 0.25) is 0 Å². The fourth-order valence-corrected chi connectivity index (χ4v) is 5.48. The lowest BCUT2D eigenvalue weighted by Crippen LogP contribution is -2.50. The van der Waals surface area contributed by atoms with Crippen LogP contribution in [0.15, 0.2) is 24.3 Å². The average Bonchev–Trinajstić information content (AvgIpc) is 3.06. The molecule has 0 unspecified atom stereocenters. The highest BCUT2D eigenvalue weighted by Gasteiger charge is 2.26. The van der Waals surface area contributed by atoms with Gasteiger partial charge in [-0.15, -0.1) is 0 Å². The van der Waals surface area contributed by atoms with Crippen molar-refractivity contribution in [2.75, 3.05) is 105 Å². The summed E-state index contributed by atoms with van der Waals surface area (Å²) in [6.07, 6.45) is -0.974. The minimum atomic E-state index is -1.10. The van der Waals surface area contributed by atoms with Gasteiger partial charge in [-0.05, 0) is 86.6 Å². The van der Waals surface area contributed by atoms with Gasteiger partial charge in [-0.25, -0.2) is 9.59 Å². The molecule has 1 heterocycles. The Morgan fingerprint density at radius 1 is 0.569 bits per heavy atom. The number of ether oxygens (including phenoxy) is 6. The molecule has 18 nitrogen and oxygen atoms in total. The first-order chi connectivity index (χ1) is 27.0. The third-order valence-corrected chi connectivity index (χ3v) is 7.93. The lowest BCUT2D eigenvalue weighted by atomic mass is 10.2. The number of hydrogen-bond donors (Lipinski definition) is 2. The van der Waals surface area contributed by atoms with Crippen molar-refractivity contribution in [3.8, 4) is 5.75 Å². The van der Waals surface area contributed by atoms with E-state index >= 15 is 0 Å². The normalized spacial score (nSPS) is 15.9. The molecular formula is C40H65N5O13. The van der Waals surface area contributed by atoms with E-state index in [0.29, 0.717) is 52.4 Å². The topological polar surface area (TPSA) is 203 Å². The maximum absolute atomic E-state index is 13.1. The maximum Gasteiger partial charge on any atom is 0.513 e. The van der Waals surface area contributed by atoms with Gasteiger partial charge in [0.25, 0.3) is 0 Å². The summed E-state index contributed by atoms with van der Waals surface area (Å²) in [5.41, 5.74) is -1.95. The second kappa shape index (κ2) is 23.9. The number of hydrogen-bond acceptors (Lipinski definition) is 16. The number of nitrogens with one attached hydrogen (secondary N) is 1. The number of amides is 1. The number of carboxylic acids is 1. The number of esters is 3. The van der Waals surface area contributed by atoms with Crippen molar-refractivity contribution in [3.63, 3.8) is 0 Å². The monoisotopic (exact) mass is 823 g/mol. The van der Waals surface area contributed by atoms with Crippen LogP contribution in [0.4, 0.5) is 4.79 Å². The van der Waals surface area contributed by atoms with Crippen LogP contribution in [0, 0.1) is 0 Å². The highest BCUT2D eigenvalue weighted by atomic mass is 16.7. The number of aromatic carboxylic acids is 1. The van der Waals surface area contributed by atoms with E-state index in [2.05, 4.69) is 5.32 Å². The quantitative estimate of drug-likeness (QED) is 0.106. The molecule has 58 heavy (non-hydrogen) atoms. The van der Waals surface area contributed by atoms with Gasteiger partial charge in [-0.3, -0.25) is 38.8 Å². The zero-order chi connectivity index (χ0) is 43.5. The first kappa shape index (κ1) is 49.8. The van der Waals surface area contributed by atoms with E-state index in [-0.39, 0.29) is 87.7 Å². The van der Waals surface area contributed by atoms with Crippen LogP contribution in [0.1, 0.15) is 72.7 Å². The molecule has 2 rings (SSSR count). The smallest absolute Gasteiger partial charge is 0.478 e. The molecule has 0 radical (unpaired) electrons. The summed E-state index contributed by atoms with van der Waals surface area (Å²) >= 11 is 0. The molecule has 1 aliphatic heterocycles. The van der Waals surface area contributed by atoms with Crippen LogP contribution in [-0.2, 0) is 42.9 Å². The number of carbonyl (C=O) groups is 6. The van der Waals surface area contributed by atoms with Crippen LogP contribution in [0.3, 0.4) is 0 Å². The molecule has 1 saturated heterocycles. The lowest BCUT2D eigenvalue weighted by Gasteiger charge is -2.34. The fraction of sp³-hybridized carbons (Fsp3) is 0.700. The Balaban J connectivity index is 2.03. The zero-order valence-corrected chi connectivity index (χ0v) is 35.8. The summed E-state index contributed by atoms with van der Waals surface area (Å²) in [4.78, 5) is 82.6. The van der Waals surface area contributed by atoms with Crippen molar-refractivity contribution in [1.29, 1.82) is 0 Å². The standard InChI is InChI=1S/C40H65N5O13/c1-38(2,3)56-33(47)27-43-17-15-42(26-32(46)41-14-23-53-24-25-54-37(52)55-31-12-10-30(11-13-31)36(50)51)16-18-44(28-34(48)57-39(4,5)6)20-22-45(21-19-43)29-35(49)58-40(7,8)9/h10-13H,14-29H2,1-9H3,(H,41,46)(H,50,51). The van der Waals surface area contributed by atoms with E-state index < -0.39 is 28.9 Å². The van der Waals surface area contributed by atoms with Crippen molar-refractivity contribution in [2.45, 2.75) is 79.1 Å². The third kappa shape index (κ3) is 23.8. The summed E-state index contributed by atoms with van der Waals surface area (Å²) in [6, 6.07) is 5.28. The SMILES string of the molecule is CC(C)(C)OC(=O)CN1CCN(CC(=O)NCCOCCOC(=O)Oc2ccc(C(=O)O)cc2)CCN(CC(=O)OC(C)(C)C)CCN(CC(=O)OC(C)(C)C)CC1. The minimum absolute atomic E-state index is 0.0149. The van der Waals surface area contributed by atoms with Gasteiger partial charge in [-0.1, -0.05) is 0 Å². The molecule has 18 heteroatoms. The van der Waals surface area contributed by atoms with Gasteiger partial charge >= 0.3 is 30.0 Å². The Hall–Kier alpha value is -4.36.